The summed E-state index contributed by atoms with van der Waals surface area (Å²) >= 11 is 0. The number of hydrogen-bond acceptors (Lipinski definition) is 3. The number of benzene rings is 3. The van der Waals surface area contributed by atoms with Crippen LogP contribution >= 0.6 is 0 Å². The predicted molar refractivity (Wildman–Crippen MR) is 145 cm³/mol. The largest absolute Gasteiger partial charge is 0.481 e. The molecule has 0 aliphatic heterocycles. The first-order valence-corrected chi connectivity index (χ1v) is 12.9. The standard InChI is InChI=1S/C31H33N3O3/c1-19(2)23-7-9-24(10-8-23)20(3)32-29(35)25-11-14-28-27(17-25)21(4)33-34(28)18-22-5-12-26(13-6-22)31(15-16-31)30(36)37/h5-14,17,19-20H,15-16,18H2,1-4H3,(H,32,35)(H,36,37)/t20-/m0/s1. The van der Waals surface area contributed by atoms with E-state index in [1.54, 1.807) is 0 Å². The summed E-state index contributed by atoms with van der Waals surface area (Å²) in [4.78, 5) is 24.6. The molecule has 1 aliphatic carbocycles. The maximum Gasteiger partial charge on any atom is 0.314 e. The van der Waals surface area contributed by atoms with Crippen molar-refractivity contribution in [3.63, 3.8) is 0 Å². The molecular formula is C31H33N3O3. The Labute approximate surface area is 217 Å². The fourth-order valence-corrected chi connectivity index (χ4v) is 4.99. The zero-order valence-corrected chi connectivity index (χ0v) is 21.8. The maximum atomic E-state index is 13.0. The number of aryl methyl sites for hydroxylation is 1. The molecule has 1 heterocycles. The average Bonchev–Trinajstić information content (AvgIpc) is 3.65. The molecule has 4 aromatic rings. The van der Waals surface area contributed by atoms with Gasteiger partial charge in [0.15, 0.2) is 0 Å². The maximum absolute atomic E-state index is 13.0. The number of nitrogens with one attached hydrogen (secondary N) is 1. The molecule has 0 unspecified atom stereocenters. The van der Waals surface area contributed by atoms with Gasteiger partial charge < -0.3 is 10.4 Å². The first kappa shape index (κ1) is 24.8. The van der Waals surface area contributed by atoms with E-state index in [-0.39, 0.29) is 11.9 Å². The lowest BCUT2D eigenvalue weighted by molar-refractivity contribution is -0.140. The molecule has 5 rings (SSSR count). The molecule has 0 bridgehead atoms. The minimum atomic E-state index is -0.743. The molecule has 6 heteroatoms. The van der Waals surface area contributed by atoms with Gasteiger partial charge in [0.05, 0.1) is 29.2 Å². The topological polar surface area (TPSA) is 84.2 Å². The van der Waals surface area contributed by atoms with Crippen LogP contribution in [0, 0.1) is 6.92 Å². The van der Waals surface area contributed by atoms with Crippen LogP contribution in [-0.4, -0.2) is 26.8 Å². The van der Waals surface area contributed by atoms with E-state index in [1.165, 1.54) is 5.56 Å². The highest BCUT2D eigenvalue weighted by Crippen LogP contribution is 2.48. The van der Waals surface area contributed by atoms with Gasteiger partial charge in [-0.05, 0) is 73.1 Å². The van der Waals surface area contributed by atoms with E-state index in [9.17, 15) is 14.7 Å². The first-order valence-electron chi connectivity index (χ1n) is 12.9. The van der Waals surface area contributed by atoms with E-state index in [1.807, 2.05) is 61.0 Å². The van der Waals surface area contributed by atoms with Crippen molar-refractivity contribution in [3.05, 3.63) is 100 Å². The fraction of sp³-hybridized carbons (Fsp3) is 0.323. The van der Waals surface area contributed by atoms with Crippen LogP contribution in [0.25, 0.3) is 10.9 Å². The van der Waals surface area contributed by atoms with E-state index in [2.05, 4.69) is 43.4 Å². The van der Waals surface area contributed by atoms with Crippen LogP contribution in [0.5, 0.6) is 0 Å². The first-order chi connectivity index (χ1) is 17.7. The van der Waals surface area contributed by atoms with E-state index in [0.717, 1.165) is 33.3 Å². The third-order valence-electron chi connectivity index (χ3n) is 7.65. The Morgan fingerprint density at radius 3 is 2.22 bits per heavy atom. The summed E-state index contributed by atoms with van der Waals surface area (Å²) in [5.41, 5.74) is 6.00. The Bertz CT molecular complexity index is 1460. The average molecular weight is 496 g/mol. The Morgan fingerprint density at radius 1 is 0.973 bits per heavy atom. The van der Waals surface area contributed by atoms with Crippen molar-refractivity contribution in [3.8, 4) is 0 Å². The third kappa shape index (κ3) is 4.76. The highest BCUT2D eigenvalue weighted by atomic mass is 16.4. The lowest BCUT2D eigenvalue weighted by Crippen LogP contribution is -2.26. The van der Waals surface area contributed by atoms with Crippen LogP contribution in [0.15, 0.2) is 66.7 Å². The van der Waals surface area contributed by atoms with Gasteiger partial charge in [-0.2, -0.15) is 5.10 Å². The molecule has 0 radical (unpaired) electrons. The number of fused-ring (bicyclic) bond motifs is 1. The highest BCUT2D eigenvalue weighted by Gasteiger charge is 2.51. The van der Waals surface area contributed by atoms with Crippen molar-refractivity contribution in [1.82, 2.24) is 15.1 Å². The number of nitrogens with zero attached hydrogens (tertiary/aromatic N) is 2. The fourth-order valence-electron chi connectivity index (χ4n) is 4.99. The van der Waals surface area contributed by atoms with Crippen molar-refractivity contribution in [2.45, 2.75) is 64.5 Å². The van der Waals surface area contributed by atoms with E-state index in [0.29, 0.717) is 30.9 Å². The van der Waals surface area contributed by atoms with Gasteiger partial charge in [-0.25, -0.2) is 0 Å². The molecule has 37 heavy (non-hydrogen) atoms. The second kappa shape index (κ2) is 9.51. The van der Waals surface area contributed by atoms with Gasteiger partial charge in [0.25, 0.3) is 5.91 Å². The zero-order valence-electron chi connectivity index (χ0n) is 21.8. The molecule has 1 saturated carbocycles. The van der Waals surface area contributed by atoms with Crippen LogP contribution < -0.4 is 5.32 Å². The summed E-state index contributed by atoms with van der Waals surface area (Å²) in [5.74, 6) is -0.384. The van der Waals surface area contributed by atoms with Gasteiger partial charge in [0.2, 0.25) is 0 Å². The molecule has 2 N–H and O–H groups in total. The van der Waals surface area contributed by atoms with Gasteiger partial charge in [-0.15, -0.1) is 0 Å². The van der Waals surface area contributed by atoms with Crippen molar-refractivity contribution in [2.75, 3.05) is 0 Å². The summed E-state index contributed by atoms with van der Waals surface area (Å²) < 4.78 is 1.93. The van der Waals surface area contributed by atoms with Crippen LogP contribution in [0.1, 0.15) is 83.9 Å². The van der Waals surface area contributed by atoms with Gasteiger partial charge in [-0.3, -0.25) is 14.3 Å². The SMILES string of the molecule is Cc1nn(Cc2ccc(C3(C(=O)O)CC3)cc2)c2ccc(C(=O)N[C@@H](C)c3ccc(C(C)C)cc3)cc12. The second-order valence-corrected chi connectivity index (χ2v) is 10.6. The van der Waals surface area contributed by atoms with Crippen LogP contribution in [0.4, 0.5) is 0 Å². The van der Waals surface area contributed by atoms with Crippen molar-refractivity contribution >= 4 is 22.8 Å². The zero-order chi connectivity index (χ0) is 26.3. The van der Waals surface area contributed by atoms with E-state index in [4.69, 9.17) is 5.10 Å². The smallest absolute Gasteiger partial charge is 0.314 e. The third-order valence-corrected chi connectivity index (χ3v) is 7.65. The van der Waals surface area contributed by atoms with Crippen LogP contribution in [-0.2, 0) is 16.8 Å². The number of amides is 1. The van der Waals surface area contributed by atoms with Crippen molar-refractivity contribution < 1.29 is 14.7 Å². The monoisotopic (exact) mass is 495 g/mol. The molecule has 190 valence electrons. The molecule has 1 amide bonds. The molecule has 1 fully saturated rings. The highest BCUT2D eigenvalue weighted by molar-refractivity contribution is 5.98. The Hall–Kier alpha value is -3.93. The summed E-state index contributed by atoms with van der Waals surface area (Å²) in [6.45, 7) is 8.85. The van der Waals surface area contributed by atoms with Crippen molar-refractivity contribution in [2.24, 2.45) is 0 Å². The lowest BCUT2D eigenvalue weighted by atomic mass is 9.95. The minimum absolute atomic E-state index is 0.105. The molecule has 6 nitrogen and oxygen atoms in total. The number of carbonyl (C=O) groups is 2. The minimum Gasteiger partial charge on any atom is -0.481 e. The lowest BCUT2D eigenvalue weighted by Gasteiger charge is -2.16. The molecule has 3 aromatic carbocycles. The molecular weight excluding hydrogens is 462 g/mol. The summed E-state index contributed by atoms with van der Waals surface area (Å²) in [5, 5.41) is 18.3. The number of carboxylic acid groups (broad SMARTS) is 1. The number of hydrogen-bond donors (Lipinski definition) is 2. The summed E-state index contributed by atoms with van der Waals surface area (Å²) in [7, 11) is 0. The predicted octanol–water partition coefficient (Wildman–Crippen LogP) is 6.12. The van der Waals surface area contributed by atoms with Gasteiger partial charge in [0, 0.05) is 10.9 Å². The molecule has 1 aliphatic rings. The molecule has 0 saturated heterocycles. The van der Waals surface area contributed by atoms with E-state index < -0.39 is 11.4 Å². The molecule has 1 aromatic heterocycles. The summed E-state index contributed by atoms with van der Waals surface area (Å²) in [6, 6.07) is 21.8. The van der Waals surface area contributed by atoms with Crippen molar-refractivity contribution in [1.29, 1.82) is 0 Å². The number of rotatable bonds is 8. The molecule has 0 spiro atoms. The number of carbonyl (C=O) groups excluding carboxylic acids is 1. The molecule has 1 atom stereocenters. The Kier molecular flexibility index (Phi) is 6.36. The van der Waals surface area contributed by atoms with Crippen LogP contribution in [0.2, 0.25) is 0 Å². The number of aromatic nitrogens is 2. The van der Waals surface area contributed by atoms with Gasteiger partial charge >= 0.3 is 5.97 Å². The van der Waals surface area contributed by atoms with Gasteiger partial charge in [-0.1, -0.05) is 62.4 Å². The normalized spacial score (nSPS) is 15.1. The number of aliphatic carboxylic acids is 1. The quantitative estimate of drug-likeness (QED) is 0.308. The second-order valence-electron chi connectivity index (χ2n) is 10.6. The van der Waals surface area contributed by atoms with Gasteiger partial charge in [0.1, 0.15) is 0 Å². The Balaban J connectivity index is 1.31. The summed E-state index contributed by atoms with van der Waals surface area (Å²) in [6.07, 6.45) is 1.40. The number of carboxylic acids is 1. The van der Waals surface area contributed by atoms with Crippen LogP contribution in [0.3, 0.4) is 0 Å². The van der Waals surface area contributed by atoms with E-state index >= 15 is 0 Å². The Morgan fingerprint density at radius 2 is 1.62 bits per heavy atom.